The van der Waals surface area contributed by atoms with E-state index in [-0.39, 0.29) is 27.1 Å². The Bertz CT molecular complexity index is 992. The van der Waals surface area contributed by atoms with Crippen LogP contribution < -0.4 is 15.3 Å². The van der Waals surface area contributed by atoms with Gasteiger partial charge in [-0.2, -0.15) is 13.2 Å². The fraction of sp³-hybridized carbons (Fsp3) is 0.417. The van der Waals surface area contributed by atoms with E-state index in [0.717, 1.165) is 24.8 Å². The topological polar surface area (TPSA) is 106 Å². The Morgan fingerprint density at radius 1 is 0.973 bits per heavy atom. The van der Waals surface area contributed by atoms with Gasteiger partial charge in [-0.05, 0) is 41.8 Å². The highest BCUT2D eigenvalue weighted by atomic mass is 19.4. The van der Waals surface area contributed by atoms with Crippen LogP contribution in [0.4, 0.5) is 17.6 Å². The van der Waals surface area contributed by atoms with Gasteiger partial charge in [-0.1, -0.05) is 24.3 Å². The van der Waals surface area contributed by atoms with Crippen molar-refractivity contribution in [2.45, 2.75) is 37.2 Å². The molecule has 2 rings (SSSR count). The van der Waals surface area contributed by atoms with Gasteiger partial charge in [-0.15, -0.1) is 0 Å². The summed E-state index contributed by atoms with van der Waals surface area (Å²) in [6.07, 6.45) is -5.60. The maximum absolute atomic E-state index is 13.1. The summed E-state index contributed by atoms with van der Waals surface area (Å²) < 4.78 is 65.9. The average molecular weight is 528 g/mol. The number of alkyl halides is 4. The molecule has 0 bridgehead atoms. The number of hydrogen-bond donors (Lipinski definition) is 3. The van der Waals surface area contributed by atoms with E-state index in [1.54, 1.807) is 24.3 Å². The van der Waals surface area contributed by atoms with E-state index in [2.05, 4.69) is 10.5 Å². The van der Waals surface area contributed by atoms with Crippen molar-refractivity contribution in [1.82, 2.24) is 10.5 Å². The Morgan fingerprint density at radius 3 is 2.05 bits per heavy atom. The normalized spacial score (nSPS) is 13.8. The molecule has 0 saturated heterocycles. The molecule has 0 aliphatic heterocycles. The molecule has 2 aromatic carbocycles. The van der Waals surface area contributed by atoms with Crippen LogP contribution in [-0.4, -0.2) is 70.3 Å². The van der Waals surface area contributed by atoms with Gasteiger partial charge < -0.3 is 29.8 Å². The molecule has 1 unspecified atom stereocenters. The number of nitrogens with one attached hydrogen (secondary N) is 2. The minimum absolute atomic E-state index is 0.0300. The summed E-state index contributed by atoms with van der Waals surface area (Å²) in [5, 5.41) is 14.8. The number of amides is 1. The van der Waals surface area contributed by atoms with Crippen molar-refractivity contribution in [3.8, 4) is 5.75 Å². The van der Waals surface area contributed by atoms with Crippen molar-refractivity contribution in [1.29, 1.82) is 0 Å². The quantitative estimate of drug-likeness (QED) is 0.195. The fourth-order valence-electron chi connectivity index (χ4n) is 3.31. The lowest BCUT2D eigenvalue weighted by Gasteiger charge is -2.22. The van der Waals surface area contributed by atoms with Crippen LogP contribution in [0.5, 0.6) is 5.75 Å². The zero-order valence-electron chi connectivity index (χ0n) is 20.4. The summed E-state index contributed by atoms with van der Waals surface area (Å²) in [6, 6.07) is 8.89. The molecule has 202 valence electrons. The number of methoxy groups -OCH3 is 1. The van der Waals surface area contributed by atoms with Gasteiger partial charge in [0.05, 0.1) is 18.7 Å². The van der Waals surface area contributed by atoms with Gasteiger partial charge >= 0.3 is 19.8 Å². The van der Waals surface area contributed by atoms with Crippen LogP contribution in [0.1, 0.15) is 16.7 Å². The molecule has 0 aliphatic rings. The van der Waals surface area contributed by atoms with Crippen LogP contribution in [0.2, 0.25) is 0 Å². The molecule has 0 heterocycles. The molecule has 0 radical (unpaired) electrons. The first-order valence-corrected chi connectivity index (χ1v) is 11.3. The monoisotopic (exact) mass is 528 g/mol. The second kappa shape index (κ2) is 14.6. The van der Waals surface area contributed by atoms with E-state index in [0.29, 0.717) is 11.3 Å². The number of halogens is 4. The highest BCUT2D eigenvalue weighted by Gasteiger charge is 2.31. The smallest absolute Gasteiger partial charge is 0.416 e. The van der Waals surface area contributed by atoms with Crippen LogP contribution in [-0.2, 0) is 38.0 Å². The first-order valence-electron chi connectivity index (χ1n) is 11.3. The van der Waals surface area contributed by atoms with Gasteiger partial charge in [0, 0.05) is 13.5 Å². The van der Waals surface area contributed by atoms with Gasteiger partial charge in [-0.3, -0.25) is 4.79 Å². The third-order valence-electron chi connectivity index (χ3n) is 5.30. The SMILES string of the molecule is COBN[C@@H](Cc1ccc(OCC(O)CF)cc1)C(=O)N[C@@H](Cc1ccc(C(F)(F)F)cc1)C(=O)OC. The summed E-state index contributed by atoms with van der Waals surface area (Å²) in [4.78, 5) is 25.4. The van der Waals surface area contributed by atoms with Crippen LogP contribution in [0, 0.1) is 0 Å². The van der Waals surface area contributed by atoms with Gasteiger partial charge in [0.25, 0.3) is 0 Å². The van der Waals surface area contributed by atoms with Crippen molar-refractivity contribution in [3.05, 3.63) is 65.2 Å². The van der Waals surface area contributed by atoms with Crippen LogP contribution in [0.15, 0.2) is 48.5 Å². The Morgan fingerprint density at radius 2 is 1.54 bits per heavy atom. The molecule has 0 fully saturated rings. The molecule has 2 aromatic rings. The molecule has 0 saturated carbocycles. The van der Waals surface area contributed by atoms with E-state index in [1.165, 1.54) is 19.2 Å². The Balaban J connectivity index is 2.10. The summed E-state index contributed by atoms with van der Waals surface area (Å²) in [6.45, 7) is -1.13. The number of esters is 1. The highest BCUT2D eigenvalue weighted by molar-refractivity contribution is 6.24. The number of rotatable bonds is 14. The molecule has 8 nitrogen and oxygen atoms in total. The second-order valence-electron chi connectivity index (χ2n) is 8.14. The predicted octanol–water partition coefficient (Wildman–Crippen LogP) is 1.73. The van der Waals surface area contributed by atoms with Crippen LogP contribution in [0.25, 0.3) is 0 Å². The number of carbonyl (C=O) groups is 2. The summed E-state index contributed by atoms with van der Waals surface area (Å²) in [5.74, 6) is -0.897. The first kappa shape index (κ1) is 30.1. The minimum Gasteiger partial charge on any atom is -0.491 e. The molecule has 3 atom stereocenters. The lowest BCUT2D eigenvalue weighted by molar-refractivity contribution is -0.145. The second-order valence-corrected chi connectivity index (χ2v) is 8.14. The van der Waals surface area contributed by atoms with Crippen molar-refractivity contribution < 1.29 is 46.4 Å². The van der Waals surface area contributed by atoms with E-state index < -0.39 is 48.5 Å². The van der Waals surface area contributed by atoms with Crippen LogP contribution in [0.3, 0.4) is 0 Å². The van der Waals surface area contributed by atoms with Crippen molar-refractivity contribution in [3.63, 3.8) is 0 Å². The molecule has 0 spiro atoms. The van der Waals surface area contributed by atoms with E-state index in [9.17, 15) is 32.3 Å². The summed E-state index contributed by atoms with van der Waals surface area (Å²) in [7, 11) is 2.61. The number of aliphatic hydroxyl groups excluding tert-OH is 1. The largest absolute Gasteiger partial charge is 0.491 e. The van der Waals surface area contributed by atoms with Gasteiger partial charge in [0.15, 0.2) is 0 Å². The van der Waals surface area contributed by atoms with Gasteiger partial charge in [0.2, 0.25) is 5.91 Å². The average Bonchev–Trinajstić information content (AvgIpc) is 2.89. The predicted molar refractivity (Wildman–Crippen MR) is 128 cm³/mol. The number of carbonyl (C=O) groups excluding carboxylic acids is 2. The molecule has 0 aliphatic carbocycles. The molecule has 1 amide bonds. The van der Waals surface area contributed by atoms with Gasteiger partial charge in [0.1, 0.15) is 31.2 Å². The Labute approximate surface area is 212 Å². The van der Waals surface area contributed by atoms with E-state index in [1.807, 2.05) is 0 Å². The van der Waals surface area contributed by atoms with Crippen LogP contribution >= 0.6 is 0 Å². The lowest BCUT2D eigenvalue weighted by atomic mass is 10.0. The standard InChI is InChI=1S/C24H29BF4N2O6/c1-35-23(34)21(12-15-3-7-17(8-4-15)24(27,28)29)30-22(33)20(31-25-36-2)11-16-5-9-19(10-6-16)37-14-18(32)13-26/h3-10,18,20-21,25,31-32H,11-14H2,1-2H3,(H,30,33)/t18?,20-,21-/m0/s1. The molecule has 0 aromatic heterocycles. The maximum atomic E-state index is 13.1. The number of aliphatic hydroxyl groups is 1. The summed E-state index contributed by atoms with van der Waals surface area (Å²) in [5.41, 5.74) is 0.298. The molecule has 37 heavy (non-hydrogen) atoms. The number of ether oxygens (including phenoxy) is 2. The third-order valence-corrected chi connectivity index (χ3v) is 5.30. The Kier molecular flexibility index (Phi) is 11.8. The lowest BCUT2D eigenvalue weighted by Crippen LogP contribution is -2.53. The first-order chi connectivity index (χ1) is 17.6. The van der Waals surface area contributed by atoms with Gasteiger partial charge in [-0.25, -0.2) is 9.18 Å². The summed E-state index contributed by atoms with van der Waals surface area (Å²) >= 11 is 0. The zero-order chi connectivity index (χ0) is 27.4. The highest BCUT2D eigenvalue weighted by Crippen LogP contribution is 2.29. The van der Waals surface area contributed by atoms with E-state index >= 15 is 0 Å². The molecular weight excluding hydrogens is 499 g/mol. The zero-order valence-corrected chi connectivity index (χ0v) is 20.4. The van der Waals surface area contributed by atoms with Crippen molar-refractivity contribution in [2.24, 2.45) is 0 Å². The maximum Gasteiger partial charge on any atom is 0.416 e. The van der Waals surface area contributed by atoms with Crippen molar-refractivity contribution >= 4 is 19.5 Å². The van der Waals surface area contributed by atoms with Crippen molar-refractivity contribution in [2.75, 3.05) is 27.5 Å². The minimum atomic E-state index is -4.49. The number of benzene rings is 2. The fourth-order valence-corrected chi connectivity index (χ4v) is 3.31. The molecular formula is C24H29BF4N2O6. The Hall–Kier alpha value is -3.16. The third kappa shape index (κ3) is 10.0. The van der Waals surface area contributed by atoms with E-state index in [4.69, 9.17) is 14.1 Å². The molecule has 3 N–H and O–H groups in total. The number of hydrogen-bond acceptors (Lipinski definition) is 7. The molecule has 13 heteroatoms.